The van der Waals surface area contributed by atoms with Crippen LogP contribution in [0.2, 0.25) is 5.02 Å². The van der Waals surface area contributed by atoms with Crippen molar-refractivity contribution in [2.24, 2.45) is 0 Å². The van der Waals surface area contributed by atoms with Gasteiger partial charge in [-0.1, -0.05) is 23.7 Å². The molecule has 0 spiro atoms. The summed E-state index contributed by atoms with van der Waals surface area (Å²) >= 11 is 7.64. The third kappa shape index (κ3) is 4.55. The second kappa shape index (κ2) is 10.1. The highest BCUT2D eigenvalue weighted by molar-refractivity contribution is 7.17. The fourth-order valence-electron chi connectivity index (χ4n) is 4.65. The van der Waals surface area contributed by atoms with Crippen molar-refractivity contribution in [1.82, 2.24) is 4.90 Å². The Balaban J connectivity index is 1.60. The van der Waals surface area contributed by atoms with Crippen LogP contribution in [0.1, 0.15) is 32.4 Å². The van der Waals surface area contributed by atoms with Crippen LogP contribution in [0.4, 0.5) is 13.2 Å². The molecule has 2 heterocycles. The van der Waals surface area contributed by atoms with Crippen molar-refractivity contribution in [2.45, 2.75) is 12.5 Å². The smallest absolute Gasteiger partial charge is 0.264 e. The Bertz CT molecular complexity index is 1490. The van der Waals surface area contributed by atoms with E-state index in [2.05, 4.69) is 0 Å². The van der Waals surface area contributed by atoms with Gasteiger partial charge >= 0.3 is 0 Å². The third-order valence-electron chi connectivity index (χ3n) is 6.43. The number of methoxy groups -OCH3 is 2. The number of carbonyl (C=O) groups is 1. The summed E-state index contributed by atoms with van der Waals surface area (Å²) in [4.78, 5) is 16.4. The summed E-state index contributed by atoms with van der Waals surface area (Å²) in [6, 6.07) is 14.1. The van der Waals surface area contributed by atoms with Gasteiger partial charge in [0.05, 0.1) is 25.1 Å². The molecule has 0 bridgehead atoms. The molecule has 4 nitrogen and oxygen atoms in total. The second-order valence-corrected chi connectivity index (χ2v) is 9.98. The molecule has 0 saturated heterocycles. The van der Waals surface area contributed by atoms with Crippen LogP contribution < -0.4 is 9.47 Å². The number of hydrogen-bond donors (Lipinski definition) is 0. The summed E-state index contributed by atoms with van der Waals surface area (Å²) < 4.78 is 53.4. The van der Waals surface area contributed by atoms with Gasteiger partial charge in [-0.25, -0.2) is 13.2 Å². The van der Waals surface area contributed by atoms with Crippen molar-refractivity contribution in [1.29, 1.82) is 0 Å². The highest BCUT2D eigenvalue weighted by Gasteiger charge is 2.37. The number of thiophene rings is 1. The normalized spacial score (nSPS) is 14.9. The number of nitrogens with zero attached hydrogens (tertiary/aromatic N) is 1. The van der Waals surface area contributed by atoms with E-state index < -0.39 is 23.5 Å². The molecular formula is C28H21ClF3NO3S. The first-order valence-electron chi connectivity index (χ1n) is 11.4. The van der Waals surface area contributed by atoms with E-state index >= 15 is 4.39 Å². The summed E-state index contributed by atoms with van der Waals surface area (Å²) in [5, 5.41) is 0.194. The molecule has 0 radical (unpaired) electrons. The fourth-order valence-corrected chi connectivity index (χ4v) is 5.87. The van der Waals surface area contributed by atoms with E-state index in [1.807, 2.05) is 6.07 Å². The molecule has 0 aliphatic carbocycles. The lowest BCUT2D eigenvalue weighted by atomic mass is 9.87. The largest absolute Gasteiger partial charge is 0.493 e. The van der Waals surface area contributed by atoms with Gasteiger partial charge in [-0.05, 0) is 71.6 Å². The van der Waals surface area contributed by atoms with Gasteiger partial charge in [0.15, 0.2) is 23.1 Å². The first-order chi connectivity index (χ1) is 17.8. The molecular weight excluding hydrogens is 523 g/mol. The van der Waals surface area contributed by atoms with Crippen LogP contribution in [0, 0.1) is 17.5 Å². The minimum Gasteiger partial charge on any atom is -0.493 e. The summed E-state index contributed by atoms with van der Waals surface area (Å²) in [6.45, 7) is 0.301. The Hall–Kier alpha value is -3.49. The summed E-state index contributed by atoms with van der Waals surface area (Å²) in [7, 11) is 3.04. The fraction of sp³-hybridized carbons (Fsp3) is 0.179. The quantitative estimate of drug-likeness (QED) is 0.265. The van der Waals surface area contributed by atoms with Crippen LogP contribution >= 0.6 is 22.9 Å². The molecule has 1 amide bonds. The van der Waals surface area contributed by atoms with E-state index in [1.54, 1.807) is 29.2 Å². The van der Waals surface area contributed by atoms with E-state index in [1.165, 1.54) is 32.4 Å². The third-order valence-corrected chi connectivity index (χ3v) is 7.88. The highest BCUT2D eigenvalue weighted by Crippen LogP contribution is 2.44. The van der Waals surface area contributed by atoms with E-state index in [-0.39, 0.29) is 16.5 Å². The van der Waals surface area contributed by atoms with Crippen LogP contribution in [-0.4, -0.2) is 31.6 Å². The van der Waals surface area contributed by atoms with Crippen molar-refractivity contribution in [3.63, 3.8) is 0 Å². The molecule has 0 fully saturated rings. The van der Waals surface area contributed by atoms with Gasteiger partial charge in [0.2, 0.25) is 0 Å². The summed E-state index contributed by atoms with van der Waals surface area (Å²) in [5.74, 6) is -1.79. The van der Waals surface area contributed by atoms with Gasteiger partial charge in [-0.3, -0.25) is 4.79 Å². The maximum absolute atomic E-state index is 15.3. The van der Waals surface area contributed by atoms with Gasteiger partial charge in [0, 0.05) is 22.0 Å². The maximum atomic E-state index is 15.3. The average Bonchev–Trinajstić information content (AvgIpc) is 3.39. The van der Waals surface area contributed by atoms with Crippen LogP contribution in [0.25, 0.3) is 10.4 Å². The minimum absolute atomic E-state index is 0.183. The van der Waals surface area contributed by atoms with Crippen molar-refractivity contribution in [2.75, 3.05) is 20.8 Å². The molecule has 9 heteroatoms. The summed E-state index contributed by atoms with van der Waals surface area (Å²) in [5.41, 5.74) is 2.21. The zero-order valence-corrected chi connectivity index (χ0v) is 21.4. The number of halogens is 4. The molecule has 37 heavy (non-hydrogen) atoms. The lowest BCUT2D eigenvalue weighted by molar-refractivity contribution is 0.0697. The maximum Gasteiger partial charge on any atom is 0.264 e. The molecule has 0 saturated carbocycles. The van der Waals surface area contributed by atoms with E-state index in [0.29, 0.717) is 45.3 Å². The standard InChI is InChI=1S/C28H21ClF3NO3S/c1-35-22-13-15-10-11-33(27(17(15)14-23(22)36-2)26-18(29)4-3-5-20(26)31)28(34)25-9-8-24(37-25)16-6-7-19(30)21(32)12-16/h3-9,12-14,27H,10-11H2,1-2H3. The molecule has 1 atom stereocenters. The Morgan fingerprint density at radius 1 is 0.946 bits per heavy atom. The molecule has 5 rings (SSSR count). The summed E-state index contributed by atoms with van der Waals surface area (Å²) in [6.07, 6.45) is 0.505. The Morgan fingerprint density at radius 2 is 1.70 bits per heavy atom. The molecule has 0 N–H and O–H groups in total. The lowest BCUT2D eigenvalue weighted by Gasteiger charge is -2.38. The number of benzene rings is 3. The zero-order valence-electron chi connectivity index (χ0n) is 19.9. The number of amides is 1. The molecule has 1 aromatic heterocycles. The van der Waals surface area contributed by atoms with Crippen molar-refractivity contribution < 1.29 is 27.4 Å². The van der Waals surface area contributed by atoms with Gasteiger partial charge in [-0.15, -0.1) is 11.3 Å². The molecule has 3 aromatic carbocycles. The first-order valence-corrected chi connectivity index (χ1v) is 12.6. The highest BCUT2D eigenvalue weighted by atomic mass is 35.5. The number of rotatable bonds is 5. The van der Waals surface area contributed by atoms with E-state index in [9.17, 15) is 13.6 Å². The predicted molar refractivity (Wildman–Crippen MR) is 137 cm³/mol. The average molecular weight is 544 g/mol. The Kier molecular flexibility index (Phi) is 6.88. The first kappa shape index (κ1) is 25.2. The van der Waals surface area contributed by atoms with Gasteiger partial charge < -0.3 is 14.4 Å². The Labute approximate surface area is 220 Å². The van der Waals surface area contributed by atoms with Gasteiger partial charge in [0.1, 0.15) is 5.82 Å². The van der Waals surface area contributed by atoms with Crippen LogP contribution in [0.5, 0.6) is 11.5 Å². The molecule has 1 aliphatic rings. The SMILES string of the molecule is COc1cc2c(cc1OC)C(c1c(F)cccc1Cl)N(C(=O)c1ccc(-c3ccc(F)c(F)c3)s1)CC2. The van der Waals surface area contributed by atoms with Gasteiger partial charge in [0.25, 0.3) is 5.91 Å². The predicted octanol–water partition coefficient (Wildman–Crippen LogP) is 7.29. The topological polar surface area (TPSA) is 38.8 Å². The minimum atomic E-state index is -0.968. The molecule has 4 aromatic rings. The Morgan fingerprint density at radius 3 is 2.41 bits per heavy atom. The second-order valence-electron chi connectivity index (χ2n) is 8.49. The number of hydrogen-bond acceptors (Lipinski definition) is 4. The van der Waals surface area contributed by atoms with E-state index in [4.69, 9.17) is 21.1 Å². The van der Waals surface area contributed by atoms with Crippen LogP contribution in [0.3, 0.4) is 0 Å². The molecule has 190 valence electrons. The molecule has 1 unspecified atom stereocenters. The zero-order chi connectivity index (χ0) is 26.3. The van der Waals surface area contributed by atoms with Gasteiger partial charge in [-0.2, -0.15) is 0 Å². The number of carbonyl (C=O) groups excluding carboxylic acids is 1. The van der Waals surface area contributed by atoms with Crippen LogP contribution in [-0.2, 0) is 6.42 Å². The van der Waals surface area contributed by atoms with E-state index in [0.717, 1.165) is 29.0 Å². The lowest BCUT2D eigenvalue weighted by Crippen LogP contribution is -2.40. The van der Waals surface area contributed by atoms with Crippen LogP contribution in [0.15, 0.2) is 60.7 Å². The monoisotopic (exact) mass is 543 g/mol. The van der Waals surface area contributed by atoms with Crippen molar-refractivity contribution >= 4 is 28.8 Å². The molecule has 1 aliphatic heterocycles. The number of ether oxygens (including phenoxy) is 2. The van der Waals surface area contributed by atoms with Crippen molar-refractivity contribution in [3.05, 3.63) is 105 Å². The number of fused-ring (bicyclic) bond motifs is 1. The van der Waals surface area contributed by atoms with Crippen molar-refractivity contribution in [3.8, 4) is 21.9 Å².